The van der Waals surface area contributed by atoms with Crippen molar-refractivity contribution in [2.75, 3.05) is 17.7 Å². The number of rotatable bonds is 10. The van der Waals surface area contributed by atoms with Gasteiger partial charge in [0.15, 0.2) is 11.0 Å². The first-order valence-electron chi connectivity index (χ1n) is 10.8. The van der Waals surface area contributed by atoms with Gasteiger partial charge >= 0.3 is 0 Å². The van der Waals surface area contributed by atoms with Crippen LogP contribution in [0.25, 0.3) is 0 Å². The van der Waals surface area contributed by atoms with Gasteiger partial charge in [-0.25, -0.2) is 0 Å². The highest BCUT2D eigenvalue weighted by molar-refractivity contribution is 7.99. The molecule has 32 heavy (non-hydrogen) atoms. The molecular weight excluding hydrogens is 426 g/mol. The number of aryl methyl sites for hydroxylation is 2. The Morgan fingerprint density at radius 3 is 2.91 bits per heavy atom. The Bertz CT molecular complexity index is 1030. The number of nitrogens with one attached hydrogen (secondary N) is 2. The summed E-state index contributed by atoms with van der Waals surface area (Å²) in [6, 6.07) is 9.97. The van der Waals surface area contributed by atoms with Crippen LogP contribution in [0.1, 0.15) is 35.6 Å². The van der Waals surface area contributed by atoms with Crippen LogP contribution in [0.4, 0.5) is 5.69 Å². The summed E-state index contributed by atoms with van der Waals surface area (Å²) >= 11 is 1.39. The molecule has 1 atom stereocenters. The molecule has 1 aliphatic rings. The zero-order valence-corrected chi connectivity index (χ0v) is 19.3. The summed E-state index contributed by atoms with van der Waals surface area (Å²) < 4.78 is 13.2. The van der Waals surface area contributed by atoms with Gasteiger partial charge < -0.3 is 24.4 Å². The second-order valence-electron chi connectivity index (χ2n) is 7.96. The molecule has 3 aromatic rings. The number of amides is 1. The molecule has 9 heteroatoms. The Hall–Kier alpha value is -2.78. The maximum atomic E-state index is 12.3. The Labute approximate surface area is 192 Å². The van der Waals surface area contributed by atoms with Crippen LogP contribution in [0.15, 0.2) is 46.2 Å². The molecule has 0 spiro atoms. The van der Waals surface area contributed by atoms with Crippen LogP contribution in [0.5, 0.6) is 0 Å². The summed E-state index contributed by atoms with van der Waals surface area (Å²) in [5.41, 5.74) is 3.51. The van der Waals surface area contributed by atoms with Gasteiger partial charge in [-0.05, 0) is 50.5 Å². The first-order chi connectivity index (χ1) is 15.6. The van der Waals surface area contributed by atoms with Gasteiger partial charge in [-0.15, -0.1) is 10.2 Å². The summed E-state index contributed by atoms with van der Waals surface area (Å²) in [7, 11) is 0. The lowest BCUT2D eigenvalue weighted by Gasteiger charge is -2.16. The average Bonchev–Trinajstić information content (AvgIpc) is 3.54. The highest BCUT2D eigenvalue weighted by Crippen LogP contribution is 2.23. The topological polar surface area (TPSA) is 94.2 Å². The van der Waals surface area contributed by atoms with E-state index < -0.39 is 0 Å². The molecule has 0 unspecified atom stereocenters. The summed E-state index contributed by atoms with van der Waals surface area (Å²) in [6.07, 6.45) is 3.84. The average molecular weight is 456 g/mol. The quantitative estimate of drug-likeness (QED) is 0.450. The van der Waals surface area contributed by atoms with Gasteiger partial charge in [0, 0.05) is 12.3 Å². The maximum absolute atomic E-state index is 12.3. The molecule has 0 radical (unpaired) electrons. The van der Waals surface area contributed by atoms with E-state index in [2.05, 4.69) is 57.4 Å². The molecule has 3 heterocycles. The summed E-state index contributed by atoms with van der Waals surface area (Å²) in [4.78, 5) is 12.3. The lowest BCUT2D eigenvalue weighted by Crippen LogP contribution is -2.25. The largest absolute Gasteiger partial charge is 0.467 e. The standard InChI is InChI=1S/C23H29N5O3S/c1-16-7-8-20(17(2)11-16)24-13-21-26-27-23(28(21)14-19-6-4-10-31-19)32-15-22(29)25-12-18-5-3-9-30-18/h3,5,7-9,11,19,24H,4,6,10,12-15H2,1-2H3,(H,25,29)/t19-/m1/s1. The fourth-order valence-corrected chi connectivity index (χ4v) is 4.49. The molecule has 170 valence electrons. The molecular formula is C23H29N5O3S. The minimum Gasteiger partial charge on any atom is -0.467 e. The number of ether oxygens (including phenoxy) is 1. The normalized spacial score (nSPS) is 15.8. The minimum atomic E-state index is -0.0759. The number of furan rings is 1. The SMILES string of the molecule is Cc1ccc(NCc2nnc(SCC(=O)NCc3ccco3)n2C[C@H]2CCCO2)c(C)c1. The monoisotopic (exact) mass is 455 g/mol. The highest BCUT2D eigenvalue weighted by Gasteiger charge is 2.21. The predicted octanol–water partition coefficient (Wildman–Crippen LogP) is 3.69. The zero-order chi connectivity index (χ0) is 22.3. The van der Waals surface area contributed by atoms with Crippen molar-refractivity contribution in [2.45, 2.75) is 57.6 Å². The number of carbonyl (C=O) groups excluding carboxylic acids is 1. The van der Waals surface area contributed by atoms with Crippen LogP contribution >= 0.6 is 11.8 Å². The van der Waals surface area contributed by atoms with Crippen LogP contribution in [0, 0.1) is 13.8 Å². The molecule has 1 saturated heterocycles. The van der Waals surface area contributed by atoms with Gasteiger partial charge in [-0.3, -0.25) is 4.79 Å². The van der Waals surface area contributed by atoms with Gasteiger partial charge in [-0.1, -0.05) is 29.5 Å². The second kappa shape index (κ2) is 10.7. The van der Waals surface area contributed by atoms with E-state index in [0.717, 1.165) is 41.9 Å². The molecule has 0 saturated carbocycles. The van der Waals surface area contributed by atoms with Crippen LogP contribution in [0.2, 0.25) is 0 Å². The van der Waals surface area contributed by atoms with E-state index in [0.29, 0.717) is 19.6 Å². The molecule has 4 rings (SSSR count). The Morgan fingerprint density at radius 2 is 2.16 bits per heavy atom. The van der Waals surface area contributed by atoms with Crippen LogP contribution in [0.3, 0.4) is 0 Å². The van der Waals surface area contributed by atoms with E-state index in [1.807, 2.05) is 6.07 Å². The van der Waals surface area contributed by atoms with E-state index in [1.165, 1.54) is 22.9 Å². The second-order valence-corrected chi connectivity index (χ2v) is 8.90. The van der Waals surface area contributed by atoms with Gasteiger partial charge in [0.05, 0.1) is 37.8 Å². The summed E-state index contributed by atoms with van der Waals surface area (Å²) in [6.45, 7) is 6.58. The number of nitrogens with zero attached hydrogens (tertiary/aromatic N) is 3. The number of hydrogen-bond acceptors (Lipinski definition) is 7. The van der Waals surface area contributed by atoms with Gasteiger partial charge in [0.2, 0.25) is 5.91 Å². The van der Waals surface area contributed by atoms with Crippen molar-refractivity contribution in [1.82, 2.24) is 20.1 Å². The maximum Gasteiger partial charge on any atom is 0.230 e. The highest BCUT2D eigenvalue weighted by atomic mass is 32.2. The molecule has 0 bridgehead atoms. The number of carbonyl (C=O) groups is 1. The van der Waals surface area contributed by atoms with Crippen molar-refractivity contribution in [3.8, 4) is 0 Å². The van der Waals surface area contributed by atoms with Crippen LogP contribution < -0.4 is 10.6 Å². The van der Waals surface area contributed by atoms with Crippen molar-refractivity contribution < 1.29 is 13.9 Å². The van der Waals surface area contributed by atoms with Crippen molar-refractivity contribution in [1.29, 1.82) is 0 Å². The molecule has 0 aliphatic carbocycles. The van der Waals surface area contributed by atoms with Gasteiger partial charge in [0.25, 0.3) is 0 Å². The van der Waals surface area contributed by atoms with Crippen LogP contribution in [-0.4, -0.2) is 39.1 Å². The summed E-state index contributed by atoms with van der Waals surface area (Å²) in [5, 5.41) is 15.8. The lowest BCUT2D eigenvalue weighted by atomic mass is 10.1. The molecule has 2 aromatic heterocycles. The number of hydrogen-bond donors (Lipinski definition) is 2. The Morgan fingerprint density at radius 1 is 1.25 bits per heavy atom. The first-order valence-corrected chi connectivity index (χ1v) is 11.8. The van der Waals surface area contributed by atoms with Crippen LogP contribution in [-0.2, 0) is 29.2 Å². The number of thioether (sulfide) groups is 1. The van der Waals surface area contributed by atoms with Gasteiger partial charge in [-0.2, -0.15) is 0 Å². The van der Waals surface area contributed by atoms with Crippen molar-refractivity contribution in [2.24, 2.45) is 0 Å². The van der Waals surface area contributed by atoms with Crippen molar-refractivity contribution in [3.05, 3.63) is 59.3 Å². The zero-order valence-electron chi connectivity index (χ0n) is 18.5. The molecule has 1 amide bonds. The van der Waals surface area contributed by atoms with E-state index in [9.17, 15) is 4.79 Å². The third-order valence-electron chi connectivity index (χ3n) is 5.39. The third kappa shape index (κ3) is 5.92. The molecule has 8 nitrogen and oxygen atoms in total. The smallest absolute Gasteiger partial charge is 0.230 e. The lowest BCUT2D eigenvalue weighted by molar-refractivity contribution is -0.118. The predicted molar refractivity (Wildman–Crippen MR) is 124 cm³/mol. The summed E-state index contributed by atoms with van der Waals surface area (Å²) in [5.74, 6) is 1.74. The van der Waals surface area contributed by atoms with E-state index in [4.69, 9.17) is 9.15 Å². The fraction of sp³-hybridized carbons (Fsp3) is 0.435. The van der Waals surface area contributed by atoms with Crippen molar-refractivity contribution >= 4 is 23.4 Å². The number of anilines is 1. The minimum absolute atomic E-state index is 0.0759. The molecule has 2 N–H and O–H groups in total. The van der Waals surface area contributed by atoms with Crippen molar-refractivity contribution in [3.63, 3.8) is 0 Å². The Kier molecular flexibility index (Phi) is 7.49. The molecule has 1 aliphatic heterocycles. The Balaban J connectivity index is 1.40. The number of benzene rings is 1. The first kappa shape index (κ1) is 22.4. The van der Waals surface area contributed by atoms with E-state index in [-0.39, 0.29) is 17.8 Å². The molecule has 1 aromatic carbocycles. The van der Waals surface area contributed by atoms with Gasteiger partial charge in [0.1, 0.15) is 5.76 Å². The number of aromatic nitrogens is 3. The van der Waals surface area contributed by atoms with E-state index in [1.54, 1.807) is 12.3 Å². The third-order valence-corrected chi connectivity index (χ3v) is 6.36. The van der Waals surface area contributed by atoms with E-state index >= 15 is 0 Å². The fourth-order valence-electron chi connectivity index (χ4n) is 3.70. The molecule has 1 fully saturated rings.